The fourth-order valence-electron chi connectivity index (χ4n) is 3.07. The van der Waals surface area contributed by atoms with Crippen LogP contribution in [-0.2, 0) is 10.3 Å². The molecule has 23 heavy (non-hydrogen) atoms. The van der Waals surface area contributed by atoms with E-state index in [1.54, 1.807) is 48.1 Å². The minimum Gasteiger partial charge on any atom is -0.361 e. The molecule has 0 saturated carbocycles. The SMILES string of the molecule is CNC(=O)C1(n2cccn2)CCCN(C(=O)c2cc(C)on2)C1. The van der Waals surface area contributed by atoms with Crippen LogP contribution in [0.15, 0.2) is 29.0 Å². The number of amides is 2. The Hall–Kier alpha value is -2.64. The highest BCUT2D eigenvalue weighted by Gasteiger charge is 2.45. The fourth-order valence-corrected chi connectivity index (χ4v) is 3.07. The molecule has 1 N–H and O–H groups in total. The minimum atomic E-state index is -0.898. The van der Waals surface area contributed by atoms with Gasteiger partial charge in [-0.25, -0.2) is 0 Å². The van der Waals surface area contributed by atoms with E-state index in [1.165, 1.54) is 0 Å². The van der Waals surface area contributed by atoms with Crippen LogP contribution in [-0.4, -0.2) is 51.8 Å². The highest BCUT2D eigenvalue weighted by molar-refractivity contribution is 5.93. The molecule has 2 amide bonds. The first-order chi connectivity index (χ1) is 11.1. The van der Waals surface area contributed by atoms with Crippen molar-refractivity contribution >= 4 is 11.8 Å². The molecule has 1 saturated heterocycles. The topological polar surface area (TPSA) is 93.3 Å². The number of likely N-dealkylation sites (N-methyl/N-ethyl adjacent to an activating group) is 1. The summed E-state index contributed by atoms with van der Waals surface area (Å²) in [5.41, 5.74) is -0.638. The summed E-state index contributed by atoms with van der Waals surface area (Å²) < 4.78 is 6.61. The maximum atomic E-state index is 12.6. The molecule has 2 aromatic rings. The van der Waals surface area contributed by atoms with E-state index in [4.69, 9.17) is 4.52 Å². The molecule has 0 radical (unpaired) electrons. The molecule has 2 aromatic heterocycles. The average Bonchev–Trinajstić information content (AvgIpc) is 3.25. The summed E-state index contributed by atoms with van der Waals surface area (Å²) in [6.45, 7) is 2.56. The number of aromatic nitrogens is 3. The van der Waals surface area contributed by atoms with Crippen molar-refractivity contribution in [3.8, 4) is 0 Å². The van der Waals surface area contributed by atoms with Crippen LogP contribution < -0.4 is 5.32 Å². The number of hydrogen-bond acceptors (Lipinski definition) is 5. The molecule has 1 unspecified atom stereocenters. The van der Waals surface area contributed by atoms with Gasteiger partial charge >= 0.3 is 0 Å². The van der Waals surface area contributed by atoms with E-state index in [-0.39, 0.29) is 24.1 Å². The first-order valence-electron chi connectivity index (χ1n) is 7.52. The van der Waals surface area contributed by atoms with Crippen LogP contribution in [0, 0.1) is 6.92 Å². The quantitative estimate of drug-likeness (QED) is 0.892. The van der Waals surface area contributed by atoms with E-state index in [0.717, 1.165) is 0 Å². The van der Waals surface area contributed by atoms with Gasteiger partial charge in [0.15, 0.2) is 11.2 Å². The number of nitrogens with zero attached hydrogens (tertiary/aromatic N) is 4. The Balaban J connectivity index is 1.91. The number of piperidine rings is 1. The van der Waals surface area contributed by atoms with Crippen LogP contribution in [0.4, 0.5) is 0 Å². The Morgan fingerprint density at radius 1 is 1.43 bits per heavy atom. The van der Waals surface area contributed by atoms with Gasteiger partial charge in [-0.05, 0) is 25.8 Å². The van der Waals surface area contributed by atoms with Crippen molar-refractivity contribution in [1.82, 2.24) is 25.2 Å². The van der Waals surface area contributed by atoms with Crippen LogP contribution in [0.25, 0.3) is 0 Å². The summed E-state index contributed by atoms with van der Waals surface area (Å²) in [5, 5.41) is 10.7. The van der Waals surface area contributed by atoms with Crippen molar-refractivity contribution in [1.29, 1.82) is 0 Å². The maximum absolute atomic E-state index is 12.6. The summed E-state index contributed by atoms with van der Waals surface area (Å²) in [6.07, 6.45) is 4.71. The van der Waals surface area contributed by atoms with Crippen molar-refractivity contribution in [2.75, 3.05) is 20.1 Å². The zero-order valence-electron chi connectivity index (χ0n) is 13.2. The second kappa shape index (κ2) is 5.86. The van der Waals surface area contributed by atoms with Crippen LogP contribution in [0.5, 0.6) is 0 Å². The van der Waals surface area contributed by atoms with E-state index in [0.29, 0.717) is 25.1 Å². The van der Waals surface area contributed by atoms with E-state index < -0.39 is 5.54 Å². The molecule has 1 aliphatic heterocycles. The van der Waals surface area contributed by atoms with Crippen molar-refractivity contribution in [3.05, 3.63) is 36.0 Å². The van der Waals surface area contributed by atoms with E-state index >= 15 is 0 Å². The summed E-state index contributed by atoms with van der Waals surface area (Å²) in [6, 6.07) is 3.37. The Labute approximate surface area is 133 Å². The van der Waals surface area contributed by atoms with E-state index in [1.807, 2.05) is 0 Å². The van der Waals surface area contributed by atoms with Gasteiger partial charge in [0.05, 0.1) is 6.54 Å². The molecule has 8 nitrogen and oxygen atoms in total. The molecule has 8 heteroatoms. The molecule has 1 fully saturated rings. The van der Waals surface area contributed by atoms with Crippen LogP contribution in [0.1, 0.15) is 29.1 Å². The largest absolute Gasteiger partial charge is 0.361 e. The molecule has 0 aromatic carbocycles. The third-order valence-electron chi connectivity index (χ3n) is 4.20. The zero-order valence-corrected chi connectivity index (χ0v) is 13.2. The third kappa shape index (κ3) is 2.60. The predicted octanol–water partition coefficient (Wildman–Crippen LogP) is 0.557. The molecule has 1 aliphatic rings. The number of carbonyl (C=O) groups is 2. The lowest BCUT2D eigenvalue weighted by Gasteiger charge is -2.41. The number of likely N-dealkylation sites (tertiary alicyclic amines) is 1. The lowest BCUT2D eigenvalue weighted by atomic mass is 9.87. The molecule has 1 atom stereocenters. The predicted molar refractivity (Wildman–Crippen MR) is 80.6 cm³/mol. The van der Waals surface area contributed by atoms with Crippen LogP contribution in [0.3, 0.4) is 0 Å². The van der Waals surface area contributed by atoms with Gasteiger partial charge in [-0.15, -0.1) is 0 Å². The van der Waals surface area contributed by atoms with Gasteiger partial charge in [0.25, 0.3) is 5.91 Å². The van der Waals surface area contributed by atoms with Gasteiger partial charge < -0.3 is 14.7 Å². The molecular formula is C15H19N5O3. The summed E-state index contributed by atoms with van der Waals surface area (Å²) >= 11 is 0. The monoisotopic (exact) mass is 317 g/mol. The van der Waals surface area contributed by atoms with E-state index in [9.17, 15) is 9.59 Å². The van der Waals surface area contributed by atoms with Gasteiger partial charge in [-0.3, -0.25) is 14.3 Å². The first kappa shape index (κ1) is 15.3. The lowest BCUT2D eigenvalue weighted by molar-refractivity contribution is -0.132. The highest BCUT2D eigenvalue weighted by Crippen LogP contribution is 2.29. The second-order valence-electron chi connectivity index (χ2n) is 5.71. The molecule has 3 heterocycles. The Morgan fingerprint density at radius 2 is 2.26 bits per heavy atom. The smallest absolute Gasteiger partial charge is 0.276 e. The van der Waals surface area contributed by atoms with Gasteiger partial charge in [-0.2, -0.15) is 5.10 Å². The molecular weight excluding hydrogens is 298 g/mol. The first-order valence-corrected chi connectivity index (χ1v) is 7.52. The number of nitrogens with one attached hydrogen (secondary N) is 1. The Morgan fingerprint density at radius 3 is 2.87 bits per heavy atom. The lowest BCUT2D eigenvalue weighted by Crippen LogP contribution is -2.59. The van der Waals surface area contributed by atoms with Crippen molar-refractivity contribution in [2.45, 2.75) is 25.3 Å². The van der Waals surface area contributed by atoms with Gasteiger partial charge in [-0.1, -0.05) is 5.16 Å². The molecule has 0 aliphatic carbocycles. The average molecular weight is 317 g/mol. The number of rotatable bonds is 3. The van der Waals surface area contributed by atoms with Gasteiger partial charge in [0.1, 0.15) is 5.76 Å². The van der Waals surface area contributed by atoms with Gasteiger partial charge in [0, 0.05) is 32.1 Å². The molecule has 0 spiro atoms. The zero-order chi connectivity index (χ0) is 16.4. The normalized spacial score (nSPS) is 21.2. The summed E-state index contributed by atoms with van der Waals surface area (Å²) in [5.74, 6) is 0.187. The van der Waals surface area contributed by atoms with Crippen molar-refractivity contribution in [3.63, 3.8) is 0 Å². The van der Waals surface area contributed by atoms with Crippen molar-refractivity contribution in [2.24, 2.45) is 0 Å². The number of carbonyl (C=O) groups excluding carboxylic acids is 2. The number of aryl methyl sites for hydroxylation is 1. The Bertz CT molecular complexity index is 709. The van der Waals surface area contributed by atoms with Crippen molar-refractivity contribution < 1.29 is 14.1 Å². The summed E-state index contributed by atoms with van der Waals surface area (Å²) in [7, 11) is 1.59. The number of hydrogen-bond donors (Lipinski definition) is 1. The fraction of sp³-hybridized carbons (Fsp3) is 0.467. The highest BCUT2D eigenvalue weighted by atomic mass is 16.5. The summed E-state index contributed by atoms with van der Waals surface area (Å²) in [4.78, 5) is 26.8. The van der Waals surface area contributed by atoms with Crippen LogP contribution in [0.2, 0.25) is 0 Å². The second-order valence-corrected chi connectivity index (χ2v) is 5.71. The maximum Gasteiger partial charge on any atom is 0.276 e. The van der Waals surface area contributed by atoms with Crippen LogP contribution >= 0.6 is 0 Å². The van der Waals surface area contributed by atoms with Gasteiger partial charge in [0.2, 0.25) is 5.91 Å². The molecule has 0 bridgehead atoms. The minimum absolute atomic E-state index is 0.157. The standard InChI is InChI=1S/C15H19N5O3/c1-11-9-12(18-23-11)13(21)19-7-3-5-15(10-19,14(22)16-2)20-8-4-6-17-20/h4,6,8-9H,3,5,7,10H2,1-2H3,(H,16,22). The third-order valence-corrected chi connectivity index (χ3v) is 4.20. The Kier molecular flexibility index (Phi) is 3.89. The van der Waals surface area contributed by atoms with E-state index in [2.05, 4.69) is 15.6 Å². The molecule has 122 valence electrons. The molecule has 3 rings (SSSR count).